The van der Waals surface area contributed by atoms with E-state index in [2.05, 4.69) is 116 Å². The Hall–Kier alpha value is -1.32. The number of halogens is 1. The van der Waals surface area contributed by atoms with Crippen LogP contribution in [0.3, 0.4) is 0 Å². The van der Waals surface area contributed by atoms with E-state index < -0.39 is 8.24 Å². The van der Waals surface area contributed by atoms with Gasteiger partial charge in [-0.3, -0.25) is 0 Å². The largest absolute Gasteiger partial charge is 0.372 e. The van der Waals surface area contributed by atoms with Crippen molar-refractivity contribution >= 4 is 35.1 Å². The monoisotopic (exact) mass is 427 g/mol. The molecule has 0 saturated carbocycles. The van der Waals surface area contributed by atoms with Crippen molar-refractivity contribution in [3.63, 3.8) is 0 Å². The molecule has 26 heavy (non-hydrogen) atoms. The van der Waals surface area contributed by atoms with E-state index in [1.165, 1.54) is 26.5 Å². The number of fused-ring (bicyclic) bond motifs is 1. The molecule has 138 valence electrons. The maximum absolute atomic E-state index is 3.84. The molecule has 0 bridgehead atoms. The van der Waals surface area contributed by atoms with Crippen molar-refractivity contribution in [3.05, 3.63) is 59.2 Å². The number of hydrogen-bond acceptors (Lipinski definition) is 0. The van der Waals surface area contributed by atoms with Gasteiger partial charge in [-0.25, -0.2) is 0 Å². The first-order valence-corrected chi connectivity index (χ1v) is 12.6. The molecule has 0 spiro atoms. The smallest absolute Gasteiger partial charge is 0.169 e. The summed E-state index contributed by atoms with van der Waals surface area (Å²) in [6.45, 7) is 14.5. The van der Waals surface area contributed by atoms with Gasteiger partial charge in [0, 0.05) is 21.6 Å². The molecule has 0 radical (unpaired) electrons. The molecule has 2 aromatic carbocycles. The van der Waals surface area contributed by atoms with Crippen LogP contribution < -0.4 is 0 Å². The molecule has 0 aliphatic rings. The lowest BCUT2D eigenvalue weighted by molar-refractivity contribution is 0.772. The molecule has 1 heterocycles. The molecule has 3 aromatic rings. The summed E-state index contributed by atoms with van der Waals surface area (Å²) >= 11 is 3.84. The molecule has 1 nitrogen and oxygen atoms in total. The van der Waals surface area contributed by atoms with Crippen LogP contribution in [0.25, 0.3) is 22.0 Å². The summed E-state index contributed by atoms with van der Waals surface area (Å²) in [7, 11) is -1.78. The zero-order valence-electron chi connectivity index (χ0n) is 16.8. The predicted octanol–water partition coefficient (Wildman–Crippen LogP) is 8.09. The van der Waals surface area contributed by atoms with Crippen LogP contribution in [0.15, 0.2) is 59.2 Å². The van der Waals surface area contributed by atoms with E-state index in [0.717, 1.165) is 0 Å². The summed E-state index contributed by atoms with van der Waals surface area (Å²) in [4.78, 5) is 0. The molecule has 0 unspecified atom stereocenters. The zero-order valence-corrected chi connectivity index (χ0v) is 19.3. The number of nitrogens with zero attached hydrogens (tertiary/aromatic N) is 1. The normalized spacial score (nSPS) is 12.7. The summed E-state index contributed by atoms with van der Waals surface area (Å²) in [5.74, 6) is 0. The van der Waals surface area contributed by atoms with Crippen LogP contribution >= 0.6 is 15.9 Å². The highest BCUT2D eigenvalue weighted by Crippen LogP contribution is 2.45. The van der Waals surface area contributed by atoms with Gasteiger partial charge in [-0.15, -0.1) is 0 Å². The van der Waals surface area contributed by atoms with Gasteiger partial charge in [-0.2, -0.15) is 0 Å². The van der Waals surface area contributed by atoms with Gasteiger partial charge in [0.25, 0.3) is 0 Å². The second kappa shape index (κ2) is 7.36. The van der Waals surface area contributed by atoms with Gasteiger partial charge >= 0.3 is 0 Å². The van der Waals surface area contributed by atoms with Crippen LogP contribution in [0.4, 0.5) is 0 Å². The van der Waals surface area contributed by atoms with E-state index in [1.807, 2.05) is 0 Å². The number of rotatable bonds is 5. The summed E-state index contributed by atoms with van der Waals surface area (Å²) in [5, 5.41) is 1.32. The van der Waals surface area contributed by atoms with Gasteiger partial charge in [0.15, 0.2) is 8.24 Å². The first kappa shape index (κ1) is 19.4. The van der Waals surface area contributed by atoms with E-state index in [-0.39, 0.29) is 0 Å². The number of hydrogen-bond donors (Lipinski definition) is 0. The maximum atomic E-state index is 3.84. The van der Waals surface area contributed by atoms with Crippen LogP contribution in [0.2, 0.25) is 16.6 Å². The highest BCUT2D eigenvalue weighted by molar-refractivity contribution is 9.10. The first-order chi connectivity index (χ1) is 12.3. The lowest BCUT2D eigenvalue weighted by Gasteiger charge is -2.44. The molecular formula is C23H30BrNSi. The SMILES string of the molecule is CC(C)[Si](C(C)C)(C(C)C)n1cc(Br)c2ccc(-c3ccccc3)cc21. The molecule has 0 amide bonds. The summed E-state index contributed by atoms with van der Waals surface area (Å²) in [5.41, 5.74) is 5.97. The Morgan fingerprint density at radius 3 is 1.88 bits per heavy atom. The third kappa shape index (κ3) is 2.99. The lowest BCUT2D eigenvalue weighted by atomic mass is 10.0. The highest BCUT2D eigenvalue weighted by Gasteiger charge is 2.45. The summed E-state index contributed by atoms with van der Waals surface area (Å²) < 4.78 is 3.91. The minimum absolute atomic E-state index is 0.672. The van der Waals surface area contributed by atoms with Crippen LogP contribution in [0.5, 0.6) is 0 Å². The van der Waals surface area contributed by atoms with Crippen molar-refractivity contribution < 1.29 is 0 Å². The van der Waals surface area contributed by atoms with Crippen molar-refractivity contribution in [2.45, 2.75) is 58.2 Å². The van der Waals surface area contributed by atoms with Crippen molar-refractivity contribution in [3.8, 4) is 11.1 Å². The van der Waals surface area contributed by atoms with E-state index >= 15 is 0 Å². The van der Waals surface area contributed by atoms with Gasteiger partial charge in [0.05, 0.1) is 0 Å². The molecule has 3 heteroatoms. The lowest BCUT2D eigenvalue weighted by Crippen LogP contribution is -2.51. The fourth-order valence-electron chi connectivity index (χ4n) is 5.15. The third-order valence-corrected chi connectivity index (χ3v) is 13.4. The highest BCUT2D eigenvalue weighted by atomic mass is 79.9. The van der Waals surface area contributed by atoms with Crippen LogP contribution in [-0.2, 0) is 0 Å². The van der Waals surface area contributed by atoms with Gasteiger partial charge in [0.2, 0.25) is 0 Å². The van der Waals surface area contributed by atoms with Crippen LogP contribution in [0, 0.1) is 0 Å². The molecule has 0 saturated heterocycles. The molecule has 0 N–H and O–H groups in total. The Labute approximate surface area is 167 Å². The van der Waals surface area contributed by atoms with E-state index in [4.69, 9.17) is 0 Å². The van der Waals surface area contributed by atoms with Gasteiger partial charge in [0.1, 0.15) is 0 Å². The molecule has 0 aliphatic carbocycles. The van der Waals surface area contributed by atoms with Crippen molar-refractivity contribution in [1.29, 1.82) is 0 Å². The maximum Gasteiger partial charge on any atom is 0.169 e. The van der Waals surface area contributed by atoms with Crippen LogP contribution in [-0.4, -0.2) is 12.5 Å². The topological polar surface area (TPSA) is 4.93 Å². The van der Waals surface area contributed by atoms with Crippen LogP contribution in [0.1, 0.15) is 41.5 Å². The molecule has 0 fully saturated rings. The standard InChI is InChI=1S/C23H30BrNSi/c1-16(2)26(17(3)4,18(5)6)25-15-22(24)21-13-12-20(14-23(21)25)19-10-8-7-9-11-19/h7-18H,1-6H3. The Morgan fingerprint density at radius 2 is 1.35 bits per heavy atom. The Morgan fingerprint density at radius 1 is 0.769 bits per heavy atom. The van der Waals surface area contributed by atoms with Crippen molar-refractivity contribution in [2.24, 2.45) is 0 Å². The summed E-state index contributed by atoms with van der Waals surface area (Å²) in [6, 6.07) is 17.6. The van der Waals surface area contributed by atoms with Gasteiger partial charge in [-0.05, 0) is 49.7 Å². The second-order valence-corrected chi connectivity index (χ2v) is 14.9. The average Bonchev–Trinajstić information content (AvgIpc) is 2.92. The Kier molecular flexibility index (Phi) is 5.50. The minimum Gasteiger partial charge on any atom is -0.372 e. The molecular weight excluding hydrogens is 398 g/mol. The van der Waals surface area contributed by atoms with Gasteiger partial charge in [-0.1, -0.05) is 84.0 Å². The molecule has 3 rings (SSSR count). The molecule has 0 aliphatic heterocycles. The van der Waals surface area contributed by atoms with E-state index in [0.29, 0.717) is 16.6 Å². The fraction of sp³-hybridized carbons (Fsp3) is 0.391. The molecule has 0 atom stereocenters. The van der Waals surface area contributed by atoms with Crippen molar-refractivity contribution in [1.82, 2.24) is 4.23 Å². The van der Waals surface area contributed by atoms with E-state index in [9.17, 15) is 0 Å². The average molecular weight is 428 g/mol. The first-order valence-electron chi connectivity index (χ1n) is 9.66. The Bertz CT molecular complexity index is 871. The number of benzene rings is 2. The molecule has 1 aromatic heterocycles. The minimum atomic E-state index is -1.78. The number of aromatic nitrogens is 1. The fourth-order valence-corrected chi connectivity index (χ4v) is 12.5. The quantitative estimate of drug-likeness (QED) is 0.362. The Balaban J connectivity index is 2.32. The second-order valence-electron chi connectivity index (χ2n) is 8.30. The predicted molar refractivity (Wildman–Crippen MR) is 122 cm³/mol. The zero-order chi connectivity index (χ0) is 19.1. The van der Waals surface area contributed by atoms with Gasteiger partial charge < -0.3 is 4.23 Å². The third-order valence-electron chi connectivity index (χ3n) is 6.06. The van der Waals surface area contributed by atoms with E-state index in [1.54, 1.807) is 0 Å². The summed E-state index contributed by atoms with van der Waals surface area (Å²) in [6.07, 6.45) is 2.37. The van der Waals surface area contributed by atoms with Crippen molar-refractivity contribution in [2.75, 3.05) is 0 Å².